The monoisotopic (exact) mass is 339 g/mol. The standard InChI is InChI=1S/C12H18ClNO4S2/c1-8(2)14(5-6-18-4)12(15)10-7-11(9(3)19-10)20(13,16)17/h7-8H,5-6H2,1-4H3. The van der Waals surface area contributed by atoms with Crippen LogP contribution in [0.1, 0.15) is 28.4 Å². The van der Waals surface area contributed by atoms with Gasteiger partial charge in [-0.05, 0) is 26.8 Å². The van der Waals surface area contributed by atoms with Gasteiger partial charge >= 0.3 is 0 Å². The van der Waals surface area contributed by atoms with Gasteiger partial charge in [-0.1, -0.05) is 0 Å². The summed E-state index contributed by atoms with van der Waals surface area (Å²) in [6, 6.07) is 1.34. The number of thiophene rings is 1. The molecule has 0 atom stereocenters. The summed E-state index contributed by atoms with van der Waals surface area (Å²) in [7, 11) is 3.09. The number of nitrogens with zero attached hydrogens (tertiary/aromatic N) is 1. The van der Waals surface area contributed by atoms with E-state index in [9.17, 15) is 13.2 Å². The van der Waals surface area contributed by atoms with Crippen molar-refractivity contribution in [2.24, 2.45) is 0 Å². The zero-order chi connectivity index (χ0) is 15.5. The van der Waals surface area contributed by atoms with Gasteiger partial charge in [0.05, 0.1) is 16.4 Å². The number of methoxy groups -OCH3 is 1. The molecule has 0 N–H and O–H groups in total. The quantitative estimate of drug-likeness (QED) is 0.747. The summed E-state index contributed by atoms with van der Waals surface area (Å²) in [4.78, 5) is 14.9. The molecular weight excluding hydrogens is 322 g/mol. The maximum absolute atomic E-state index is 12.4. The topological polar surface area (TPSA) is 63.7 Å². The van der Waals surface area contributed by atoms with E-state index in [1.54, 1.807) is 18.9 Å². The van der Waals surface area contributed by atoms with E-state index < -0.39 is 9.05 Å². The number of carbonyl (C=O) groups excluding carboxylic acids is 1. The zero-order valence-electron chi connectivity index (χ0n) is 11.8. The Bertz CT molecular complexity index is 580. The number of aryl methyl sites for hydroxylation is 1. The van der Waals surface area contributed by atoms with Crippen LogP contribution in [-0.4, -0.2) is 45.5 Å². The predicted molar refractivity (Wildman–Crippen MR) is 80.1 cm³/mol. The molecule has 0 unspecified atom stereocenters. The van der Waals surface area contributed by atoms with E-state index in [1.807, 2.05) is 13.8 Å². The number of halogens is 1. The van der Waals surface area contributed by atoms with Crippen molar-refractivity contribution in [2.75, 3.05) is 20.3 Å². The van der Waals surface area contributed by atoms with Gasteiger partial charge in [-0.2, -0.15) is 0 Å². The van der Waals surface area contributed by atoms with E-state index in [-0.39, 0.29) is 16.8 Å². The van der Waals surface area contributed by atoms with Crippen LogP contribution < -0.4 is 0 Å². The Labute approximate surface area is 127 Å². The van der Waals surface area contributed by atoms with Crippen LogP contribution in [0.2, 0.25) is 0 Å². The fraction of sp³-hybridized carbons (Fsp3) is 0.583. The van der Waals surface area contributed by atoms with Gasteiger partial charge in [0.25, 0.3) is 15.0 Å². The highest BCUT2D eigenvalue weighted by Gasteiger charge is 2.24. The highest BCUT2D eigenvalue weighted by Crippen LogP contribution is 2.29. The Morgan fingerprint density at radius 3 is 2.50 bits per heavy atom. The molecule has 1 aromatic heterocycles. The van der Waals surface area contributed by atoms with Crippen LogP contribution in [0.5, 0.6) is 0 Å². The lowest BCUT2D eigenvalue weighted by Crippen LogP contribution is -2.38. The number of rotatable bonds is 6. The van der Waals surface area contributed by atoms with E-state index in [4.69, 9.17) is 15.4 Å². The lowest BCUT2D eigenvalue weighted by Gasteiger charge is -2.25. The highest BCUT2D eigenvalue weighted by atomic mass is 35.7. The average molecular weight is 340 g/mol. The maximum atomic E-state index is 12.4. The molecule has 20 heavy (non-hydrogen) atoms. The van der Waals surface area contributed by atoms with Crippen molar-refractivity contribution in [3.8, 4) is 0 Å². The zero-order valence-corrected chi connectivity index (χ0v) is 14.2. The molecule has 0 saturated carbocycles. The van der Waals surface area contributed by atoms with Gasteiger partial charge in [0.1, 0.15) is 0 Å². The molecule has 5 nitrogen and oxygen atoms in total. The van der Waals surface area contributed by atoms with Crippen molar-refractivity contribution in [3.05, 3.63) is 15.8 Å². The second-order valence-corrected chi connectivity index (χ2v) is 8.34. The molecular formula is C12H18ClNO4S2. The fourth-order valence-corrected chi connectivity index (χ4v) is 4.36. The molecule has 0 aliphatic rings. The highest BCUT2D eigenvalue weighted by molar-refractivity contribution is 8.13. The van der Waals surface area contributed by atoms with E-state index >= 15 is 0 Å². The predicted octanol–water partition coefficient (Wildman–Crippen LogP) is 2.48. The Morgan fingerprint density at radius 2 is 2.10 bits per heavy atom. The summed E-state index contributed by atoms with van der Waals surface area (Å²) in [6.45, 7) is 6.30. The molecule has 0 radical (unpaired) electrons. The molecule has 1 rings (SSSR count). The lowest BCUT2D eigenvalue weighted by molar-refractivity contribution is 0.0639. The fourth-order valence-electron chi connectivity index (χ4n) is 1.74. The summed E-state index contributed by atoms with van der Waals surface area (Å²) in [5, 5.41) is 0. The van der Waals surface area contributed by atoms with Crippen molar-refractivity contribution in [1.82, 2.24) is 4.90 Å². The Morgan fingerprint density at radius 1 is 1.50 bits per heavy atom. The van der Waals surface area contributed by atoms with Crippen LogP contribution in [-0.2, 0) is 13.8 Å². The molecule has 1 heterocycles. The minimum atomic E-state index is -3.82. The van der Waals surface area contributed by atoms with E-state index in [0.717, 1.165) is 11.3 Å². The molecule has 0 saturated heterocycles. The Kier molecular flexibility index (Phi) is 6.00. The number of amides is 1. The van der Waals surface area contributed by atoms with E-state index in [2.05, 4.69) is 0 Å². The lowest BCUT2D eigenvalue weighted by atomic mass is 10.3. The van der Waals surface area contributed by atoms with E-state index in [0.29, 0.717) is 22.9 Å². The second-order valence-electron chi connectivity index (χ2n) is 4.55. The molecule has 114 valence electrons. The first kappa shape index (κ1) is 17.4. The van der Waals surface area contributed by atoms with Gasteiger partial charge < -0.3 is 9.64 Å². The van der Waals surface area contributed by atoms with Crippen molar-refractivity contribution in [2.45, 2.75) is 31.7 Å². The average Bonchev–Trinajstić information content (AvgIpc) is 2.71. The van der Waals surface area contributed by atoms with Gasteiger partial charge in [-0.25, -0.2) is 8.42 Å². The van der Waals surface area contributed by atoms with Crippen molar-refractivity contribution < 1.29 is 17.9 Å². The van der Waals surface area contributed by atoms with Crippen LogP contribution in [0.4, 0.5) is 0 Å². The molecule has 8 heteroatoms. The number of hydrogen-bond donors (Lipinski definition) is 0. The summed E-state index contributed by atoms with van der Waals surface area (Å²) in [5.41, 5.74) is 0. The number of ether oxygens (including phenoxy) is 1. The summed E-state index contributed by atoms with van der Waals surface area (Å²) < 4.78 is 27.8. The van der Waals surface area contributed by atoms with Gasteiger partial charge in [-0.3, -0.25) is 4.79 Å². The normalized spacial score (nSPS) is 11.9. The third-order valence-electron chi connectivity index (χ3n) is 2.77. The third-order valence-corrected chi connectivity index (χ3v) is 5.38. The van der Waals surface area contributed by atoms with Crippen molar-refractivity contribution in [3.63, 3.8) is 0 Å². The Balaban J connectivity index is 3.07. The minimum Gasteiger partial charge on any atom is -0.383 e. The molecule has 1 aromatic rings. The minimum absolute atomic E-state index is 0.00274. The van der Waals surface area contributed by atoms with Crippen LogP contribution in [0.25, 0.3) is 0 Å². The van der Waals surface area contributed by atoms with Crippen LogP contribution in [0.3, 0.4) is 0 Å². The first-order valence-corrected chi connectivity index (χ1v) is 9.16. The van der Waals surface area contributed by atoms with Crippen molar-refractivity contribution in [1.29, 1.82) is 0 Å². The first-order valence-electron chi connectivity index (χ1n) is 6.03. The molecule has 0 aliphatic carbocycles. The van der Waals surface area contributed by atoms with Gasteiger partial charge in [-0.15, -0.1) is 11.3 Å². The van der Waals surface area contributed by atoms with Crippen LogP contribution >= 0.6 is 22.0 Å². The second kappa shape index (κ2) is 6.89. The van der Waals surface area contributed by atoms with Crippen LogP contribution in [0, 0.1) is 6.92 Å². The van der Waals surface area contributed by atoms with Gasteiger partial charge in [0.15, 0.2) is 0 Å². The number of hydrogen-bond acceptors (Lipinski definition) is 5. The molecule has 0 bridgehead atoms. The van der Waals surface area contributed by atoms with Crippen LogP contribution in [0.15, 0.2) is 11.0 Å². The maximum Gasteiger partial charge on any atom is 0.264 e. The molecule has 1 amide bonds. The van der Waals surface area contributed by atoms with E-state index in [1.165, 1.54) is 6.07 Å². The number of carbonyl (C=O) groups is 1. The summed E-state index contributed by atoms with van der Waals surface area (Å²) >= 11 is 1.13. The van der Waals surface area contributed by atoms with Crippen molar-refractivity contribution >= 4 is 37.0 Å². The summed E-state index contributed by atoms with van der Waals surface area (Å²) in [6.07, 6.45) is 0. The Hall–Kier alpha value is -0.630. The largest absolute Gasteiger partial charge is 0.383 e. The molecule has 0 spiro atoms. The van der Waals surface area contributed by atoms with Gasteiger partial charge in [0, 0.05) is 35.3 Å². The molecule has 0 fully saturated rings. The molecule has 0 aliphatic heterocycles. The molecule has 0 aromatic carbocycles. The third kappa shape index (κ3) is 4.18. The summed E-state index contributed by atoms with van der Waals surface area (Å²) in [5.74, 6) is -0.211. The smallest absolute Gasteiger partial charge is 0.264 e. The van der Waals surface area contributed by atoms with Gasteiger partial charge in [0.2, 0.25) is 0 Å². The SMILES string of the molecule is COCCN(C(=O)c1cc(S(=O)(=O)Cl)c(C)s1)C(C)C. The first-order chi connectivity index (χ1) is 9.18.